The van der Waals surface area contributed by atoms with Gasteiger partial charge >= 0.3 is 0 Å². The summed E-state index contributed by atoms with van der Waals surface area (Å²) in [5.41, 5.74) is 6.43. The second-order valence-electron chi connectivity index (χ2n) is 8.37. The third-order valence-electron chi connectivity index (χ3n) is 6.57. The molecule has 1 heterocycles. The van der Waals surface area contributed by atoms with Gasteiger partial charge < -0.3 is 15.7 Å². The molecule has 0 bridgehead atoms. The fraction of sp³-hybridized carbons (Fsp3) is 1.00. The first-order valence-corrected chi connectivity index (χ1v) is 8.61. The second kappa shape index (κ2) is 5.26. The molecule has 1 aliphatic heterocycles. The number of nitrogens with two attached hydrogens (primary N) is 1. The van der Waals surface area contributed by atoms with Crippen molar-refractivity contribution in [3.05, 3.63) is 0 Å². The van der Waals surface area contributed by atoms with Gasteiger partial charge in [-0.25, -0.2) is 0 Å². The third kappa shape index (κ3) is 2.65. The molecule has 0 aromatic heterocycles. The van der Waals surface area contributed by atoms with Gasteiger partial charge in [0, 0.05) is 31.6 Å². The number of likely N-dealkylation sites (tertiary alicyclic amines) is 1. The number of hydrogen-bond donors (Lipinski definition) is 2. The lowest BCUT2D eigenvalue weighted by Gasteiger charge is -2.48. The monoisotopic (exact) mass is 280 g/mol. The van der Waals surface area contributed by atoms with Gasteiger partial charge in [-0.3, -0.25) is 0 Å². The van der Waals surface area contributed by atoms with E-state index in [0.717, 1.165) is 32.5 Å². The average molecular weight is 280 g/mol. The Morgan fingerprint density at radius 3 is 2.65 bits per heavy atom. The maximum Gasteiger partial charge on any atom is 0.0700 e. The van der Waals surface area contributed by atoms with Crippen LogP contribution in [-0.4, -0.2) is 41.3 Å². The van der Waals surface area contributed by atoms with Crippen LogP contribution < -0.4 is 5.73 Å². The smallest absolute Gasteiger partial charge is 0.0700 e. The maximum atomic E-state index is 10.8. The molecule has 1 saturated heterocycles. The van der Waals surface area contributed by atoms with Crippen LogP contribution in [0.3, 0.4) is 0 Å². The van der Waals surface area contributed by atoms with Gasteiger partial charge in [-0.15, -0.1) is 0 Å². The van der Waals surface area contributed by atoms with E-state index >= 15 is 0 Å². The first-order valence-electron chi connectivity index (χ1n) is 8.61. The van der Waals surface area contributed by atoms with Crippen LogP contribution >= 0.6 is 0 Å². The van der Waals surface area contributed by atoms with E-state index in [-0.39, 0.29) is 5.60 Å². The Morgan fingerprint density at radius 2 is 1.95 bits per heavy atom. The van der Waals surface area contributed by atoms with Crippen LogP contribution in [-0.2, 0) is 0 Å². The lowest BCUT2D eigenvalue weighted by molar-refractivity contribution is -0.0974. The number of rotatable bonds is 2. The molecular weight excluding hydrogens is 248 g/mol. The minimum Gasteiger partial charge on any atom is -0.390 e. The summed E-state index contributed by atoms with van der Waals surface area (Å²) in [5.74, 6) is 1.16. The molecule has 4 atom stereocenters. The number of nitrogens with zero attached hydrogens (tertiary/aromatic N) is 1. The highest BCUT2D eigenvalue weighted by molar-refractivity contribution is 4.99. The molecule has 3 fully saturated rings. The summed E-state index contributed by atoms with van der Waals surface area (Å²) in [7, 11) is 0. The summed E-state index contributed by atoms with van der Waals surface area (Å²) >= 11 is 0. The molecule has 3 rings (SSSR count). The van der Waals surface area contributed by atoms with Gasteiger partial charge in [-0.2, -0.15) is 0 Å². The Kier molecular flexibility index (Phi) is 3.89. The molecule has 0 spiro atoms. The van der Waals surface area contributed by atoms with E-state index in [1.165, 1.54) is 32.1 Å². The molecule has 2 saturated carbocycles. The first kappa shape index (κ1) is 14.8. The average Bonchev–Trinajstić information content (AvgIpc) is 2.66. The molecule has 0 aromatic carbocycles. The van der Waals surface area contributed by atoms with Crippen molar-refractivity contribution < 1.29 is 5.11 Å². The summed E-state index contributed by atoms with van der Waals surface area (Å²) in [5, 5.41) is 10.8. The van der Waals surface area contributed by atoms with Crippen molar-refractivity contribution in [3.63, 3.8) is 0 Å². The van der Waals surface area contributed by atoms with Gasteiger partial charge in [-0.05, 0) is 43.4 Å². The van der Waals surface area contributed by atoms with E-state index in [2.05, 4.69) is 18.7 Å². The largest absolute Gasteiger partial charge is 0.390 e. The lowest BCUT2D eigenvalue weighted by atomic mass is 9.71. The zero-order valence-corrected chi connectivity index (χ0v) is 13.3. The zero-order valence-electron chi connectivity index (χ0n) is 13.3. The Bertz CT molecular complexity index is 357. The van der Waals surface area contributed by atoms with Crippen LogP contribution in [0.5, 0.6) is 0 Å². The SMILES string of the molecule is CC1(C)CCC(CN2CCC3(O)CCCCC3C2)C1N. The van der Waals surface area contributed by atoms with E-state index in [0.29, 0.717) is 23.3 Å². The van der Waals surface area contributed by atoms with E-state index < -0.39 is 0 Å². The fourth-order valence-corrected chi connectivity index (χ4v) is 4.88. The van der Waals surface area contributed by atoms with Crippen molar-refractivity contribution in [1.29, 1.82) is 0 Å². The molecule has 0 aromatic rings. The van der Waals surface area contributed by atoms with Crippen molar-refractivity contribution in [3.8, 4) is 0 Å². The highest BCUT2D eigenvalue weighted by atomic mass is 16.3. The van der Waals surface area contributed by atoms with Crippen molar-refractivity contribution in [2.75, 3.05) is 19.6 Å². The van der Waals surface area contributed by atoms with Gasteiger partial charge in [0.25, 0.3) is 0 Å². The van der Waals surface area contributed by atoms with E-state index in [1.807, 2.05) is 0 Å². The summed E-state index contributed by atoms with van der Waals surface area (Å²) in [6.45, 7) is 7.94. The molecule has 3 N–H and O–H groups in total. The fourth-order valence-electron chi connectivity index (χ4n) is 4.88. The normalized spacial score (nSPS) is 45.3. The van der Waals surface area contributed by atoms with Gasteiger partial charge in [0.2, 0.25) is 0 Å². The maximum absolute atomic E-state index is 10.8. The highest BCUT2D eigenvalue weighted by Crippen LogP contribution is 2.43. The Labute approximate surface area is 123 Å². The van der Waals surface area contributed by atoms with Crippen molar-refractivity contribution >= 4 is 0 Å². The molecule has 2 aliphatic carbocycles. The minimum absolute atomic E-state index is 0.312. The number of piperidine rings is 1. The van der Waals surface area contributed by atoms with Crippen molar-refractivity contribution in [2.24, 2.45) is 23.0 Å². The Hall–Kier alpha value is -0.120. The third-order valence-corrected chi connectivity index (χ3v) is 6.57. The molecule has 4 unspecified atom stereocenters. The van der Waals surface area contributed by atoms with Crippen molar-refractivity contribution in [1.82, 2.24) is 4.90 Å². The predicted molar refractivity (Wildman–Crippen MR) is 82.4 cm³/mol. The molecule has 0 amide bonds. The van der Waals surface area contributed by atoms with Crippen LogP contribution in [0, 0.1) is 17.3 Å². The molecular formula is C17H32N2O. The van der Waals surface area contributed by atoms with Crippen LogP contribution in [0.4, 0.5) is 0 Å². The van der Waals surface area contributed by atoms with Gasteiger partial charge in [-0.1, -0.05) is 26.7 Å². The molecule has 3 heteroatoms. The van der Waals surface area contributed by atoms with Gasteiger partial charge in [0.05, 0.1) is 5.60 Å². The van der Waals surface area contributed by atoms with E-state index in [9.17, 15) is 5.11 Å². The Balaban J connectivity index is 1.58. The molecule has 3 aliphatic rings. The molecule has 0 radical (unpaired) electrons. The van der Waals surface area contributed by atoms with E-state index in [1.54, 1.807) is 0 Å². The topological polar surface area (TPSA) is 49.5 Å². The second-order valence-corrected chi connectivity index (χ2v) is 8.37. The Morgan fingerprint density at radius 1 is 1.15 bits per heavy atom. The summed E-state index contributed by atoms with van der Waals surface area (Å²) in [4.78, 5) is 2.59. The standard InChI is InChI=1S/C17H32N2O/c1-16(2)8-6-13(15(16)18)11-19-10-9-17(20)7-4-3-5-14(17)12-19/h13-15,20H,3-12,18H2,1-2H3. The molecule has 20 heavy (non-hydrogen) atoms. The minimum atomic E-state index is -0.341. The van der Waals surface area contributed by atoms with Crippen LogP contribution in [0.15, 0.2) is 0 Å². The zero-order chi connectivity index (χ0) is 14.4. The molecule has 116 valence electrons. The van der Waals surface area contributed by atoms with Gasteiger partial charge in [0.15, 0.2) is 0 Å². The number of fused-ring (bicyclic) bond motifs is 1. The summed E-state index contributed by atoms with van der Waals surface area (Å²) in [6.07, 6.45) is 8.28. The predicted octanol–water partition coefficient (Wildman–Crippen LogP) is 2.38. The van der Waals surface area contributed by atoms with Crippen LogP contribution in [0.1, 0.15) is 58.8 Å². The van der Waals surface area contributed by atoms with Crippen LogP contribution in [0.25, 0.3) is 0 Å². The molecule has 3 nitrogen and oxygen atoms in total. The first-order chi connectivity index (χ1) is 9.41. The number of aliphatic hydroxyl groups is 1. The highest BCUT2D eigenvalue weighted by Gasteiger charge is 2.45. The number of hydrogen-bond acceptors (Lipinski definition) is 3. The van der Waals surface area contributed by atoms with Gasteiger partial charge in [0.1, 0.15) is 0 Å². The lowest BCUT2D eigenvalue weighted by Crippen LogP contribution is -2.54. The van der Waals surface area contributed by atoms with Crippen LogP contribution in [0.2, 0.25) is 0 Å². The van der Waals surface area contributed by atoms with Crippen molar-refractivity contribution in [2.45, 2.75) is 70.4 Å². The van der Waals surface area contributed by atoms with E-state index in [4.69, 9.17) is 5.73 Å². The summed E-state index contributed by atoms with van der Waals surface area (Å²) in [6, 6.07) is 0.342. The summed E-state index contributed by atoms with van der Waals surface area (Å²) < 4.78 is 0. The quantitative estimate of drug-likeness (QED) is 0.816.